The molecule has 7 nitrogen and oxygen atoms in total. The van der Waals surface area contributed by atoms with Crippen molar-refractivity contribution >= 4 is 23.3 Å². The first-order valence-corrected chi connectivity index (χ1v) is 9.27. The molecule has 0 unspecified atom stereocenters. The molecule has 0 fully saturated rings. The number of likely N-dealkylation sites (N-methyl/N-ethyl adjacent to an activating group) is 1. The van der Waals surface area contributed by atoms with Gasteiger partial charge in [0.2, 0.25) is 0 Å². The molecular weight excluding hydrogens is 399 g/mol. The molecule has 0 radical (unpaired) electrons. The molecule has 3 aromatic rings. The summed E-state index contributed by atoms with van der Waals surface area (Å²) in [6.45, 7) is 2.24. The number of amides is 2. The zero-order valence-corrected chi connectivity index (χ0v) is 16.7. The van der Waals surface area contributed by atoms with Crippen molar-refractivity contribution < 1.29 is 18.4 Å². The molecule has 1 heterocycles. The minimum Gasteiger partial charge on any atom is -0.481 e. The average molecular weight is 419 g/mol. The van der Waals surface area contributed by atoms with E-state index in [0.717, 1.165) is 5.56 Å². The molecule has 0 atom stereocenters. The number of rotatable bonds is 7. The topological polar surface area (TPSA) is 80.5 Å². The number of nitrogens with zero attached hydrogens (tertiary/aromatic N) is 3. The first kappa shape index (κ1) is 20.6. The predicted octanol–water partition coefficient (Wildman–Crippen LogP) is 4.46. The normalized spacial score (nSPS) is 10.6. The number of carbonyl (C=O) groups excluding carboxylic acids is 1. The van der Waals surface area contributed by atoms with Gasteiger partial charge in [-0.3, -0.25) is 0 Å². The molecule has 1 N–H and O–H groups in total. The molecule has 0 aliphatic carbocycles. The summed E-state index contributed by atoms with van der Waals surface area (Å²) in [5.41, 5.74) is 1.55. The molecule has 29 heavy (non-hydrogen) atoms. The molecule has 9 heteroatoms. The Labute approximate surface area is 172 Å². The Hall–Kier alpha value is -3.13. The Morgan fingerprint density at radius 2 is 2.10 bits per heavy atom. The van der Waals surface area contributed by atoms with Crippen LogP contribution in [0.1, 0.15) is 17.3 Å². The summed E-state index contributed by atoms with van der Waals surface area (Å²) >= 11 is 6.14. The molecule has 0 saturated heterocycles. The van der Waals surface area contributed by atoms with E-state index < -0.39 is 5.82 Å². The summed E-state index contributed by atoms with van der Waals surface area (Å²) in [5, 5.41) is 7.08. The number of benzene rings is 2. The van der Waals surface area contributed by atoms with Gasteiger partial charge in [0.15, 0.2) is 24.0 Å². The van der Waals surface area contributed by atoms with Crippen molar-refractivity contribution in [3.8, 4) is 5.75 Å². The van der Waals surface area contributed by atoms with Crippen LogP contribution in [-0.2, 0) is 13.0 Å². The Morgan fingerprint density at radius 1 is 1.31 bits per heavy atom. The fraction of sp³-hybridized carbons (Fsp3) is 0.250. The molecular formula is C20H20ClFN4O3. The lowest BCUT2D eigenvalue weighted by molar-refractivity contribution is 0.222. The van der Waals surface area contributed by atoms with Gasteiger partial charge in [-0.05, 0) is 36.8 Å². The van der Waals surface area contributed by atoms with Crippen molar-refractivity contribution in [1.82, 2.24) is 15.0 Å². The SMILES string of the molecule is Cc1ccc(NC(=O)N(C)CCc2noc(COc3ccccc3F)n2)c(Cl)c1. The molecule has 3 rings (SSSR count). The molecule has 0 bridgehead atoms. The highest BCUT2D eigenvalue weighted by Gasteiger charge is 2.14. The third-order valence-corrected chi connectivity index (χ3v) is 4.39. The number of hydrogen-bond donors (Lipinski definition) is 1. The Kier molecular flexibility index (Phi) is 6.66. The van der Waals surface area contributed by atoms with E-state index in [1.165, 1.54) is 17.0 Å². The van der Waals surface area contributed by atoms with Crippen LogP contribution in [0.3, 0.4) is 0 Å². The predicted molar refractivity (Wildman–Crippen MR) is 107 cm³/mol. The van der Waals surface area contributed by atoms with Gasteiger partial charge in [-0.1, -0.05) is 35.0 Å². The second-order valence-corrected chi connectivity index (χ2v) is 6.82. The molecule has 0 aliphatic rings. The van der Waals surface area contributed by atoms with Crippen LogP contribution in [-0.4, -0.2) is 34.7 Å². The third-order valence-electron chi connectivity index (χ3n) is 4.08. The zero-order chi connectivity index (χ0) is 20.8. The van der Waals surface area contributed by atoms with Crippen LogP contribution < -0.4 is 10.1 Å². The van der Waals surface area contributed by atoms with Gasteiger partial charge in [0.05, 0.1) is 10.7 Å². The Morgan fingerprint density at radius 3 is 2.86 bits per heavy atom. The van der Waals surface area contributed by atoms with Crippen LogP contribution in [0.5, 0.6) is 5.75 Å². The van der Waals surface area contributed by atoms with Crippen LogP contribution in [0, 0.1) is 12.7 Å². The van der Waals surface area contributed by atoms with Crippen LogP contribution in [0.15, 0.2) is 47.0 Å². The van der Waals surface area contributed by atoms with E-state index >= 15 is 0 Å². The second-order valence-electron chi connectivity index (χ2n) is 6.41. The van der Waals surface area contributed by atoms with Crippen LogP contribution in [0.2, 0.25) is 5.02 Å². The summed E-state index contributed by atoms with van der Waals surface area (Å²) in [6, 6.07) is 11.2. The van der Waals surface area contributed by atoms with Crippen molar-refractivity contribution in [3.63, 3.8) is 0 Å². The van der Waals surface area contributed by atoms with Crippen molar-refractivity contribution in [1.29, 1.82) is 0 Å². The molecule has 2 aromatic carbocycles. The molecule has 0 aliphatic heterocycles. The van der Waals surface area contributed by atoms with E-state index in [9.17, 15) is 9.18 Å². The summed E-state index contributed by atoms with van der Waals surface area (Å²) in [6.07, 6.45) is 0.384. The zero-order valence-electron chi connectivity index (χ0n) is 16.0. The number of ether oxygens (including phenoxy) is 1. The van der Waals surface area contributed by atoms with E-state index in [4.69, 9.17) is 20.9 Å². The molecule has 2 amide bonds. The Balaban J connectivity index is 1.48. The number of carbonyl (C=O) groups is 1. The molecule has 152 valence electrons. The van der Waals surface area contributed by atoms with Gasteiger partial charge < -0.3 is 19.5 Å². The Bertz CT molecular complexity index is 995. The number of para-hydroxylation sites is 1. The summed E-state index contributed by atoms with van der Waals surface area (Å²) in [7, 11) is 1.65. The average Bonchev–Trinajstić information content (AvgIpc) is 3.15. The van der Waals surface area contributed by atoms with Gasteiger partial charge in [0.25, 0.3) is 5.89 Å². The van der Waals surface area contributed by atoms with Crippen molar-refractivity contribution in [3.05, 3.63) is 70.6 Å². The maximum Gasteiger partial charge on any atom is 0.321 e. The minimum absolute atomic E-state index is 0.0455. The lowest BCUT2D eigenvalue weighted by atomic mass is 10.2. The van der Waals surface area contributed by atoms with Crippen LogP contribution >= 0.6 is 11.6 Å². The number of halogens is 2. The largest absolute Gasteiger partial charge is 0.481 e. The van der Waals surface area contributed by atoms with Gasteiger partial charge in [-0.25, -0.2) is 9.18 Å². The lowest BCUT2D eigenvalue weighted by Gasteiger charge is -2.17. The van der Waals surface area contributed by atoms with Crippen molar-refractivity contribution in [2.75, 3.05) is 18.9 Å². The summed E-state index contributed by atoms with van der Waals surface area (Å²) < 4.78 is 24.0. The third kappa shape index (κ3) is 5.68. The standard InChI is InChI=1S/C20H20ClFN4O3/c1-13-7-8-16(14(21)11-13)23-20(27)26(2)10-9-18-24-19(29-25-18)12-28-17-6-4-3-5-15(17)22/h3-8,11H,9-10,12H2,1-2H3,(H,23,27). The van der Waals surface area contributed by atoms with Gasteiger partial charge in [-0.15, -0.1) is 0 Å². The second kappa shape index (κ2) is 9.38. The number of anilines is 1. The highest BCUT2D eigenvalue weighted by Crippen LogP contribution is 2.23. The fourth-order valence-electron chi connectivity index (χ4n) is 2.45. The maximum atomic E-state index is 13.5. The van der Waals surface area contributed by atoms with Crippen LogP contribution in [0.25, 0.3) is 0 Å². The fourth-order valence-corrected chi connectivity index (χ4v) is 2.74. The number of hydrogen-bond acceptors (Lipinski definition) is 5. The van der Waals surface area contributed by atoms with Crippen LogP contribution in [0.4, 0.5) is 14.9 Å². The monoisotopic (exact) mass is 418 g/mol. The highest BCUT2D eigenvalue weighted by molar-refractivity contribution is 6.33. The number of aryl methyl sites for hydroxylation is 1. The van der Waals surface area contributed by atoms with E-state index in [1.54, 1.807) is 31.3 Å². The van der Waals surface area contributed by atoms with Crippen molar-refractivity contribution in [2.45, 2.75) is 20.0 Å². The van der Waals surface area contributed by atoms with E-state index in [0.29, 0.717) is 29.5 Å². The first-order chi connectivity index (χ1) is 13.9. The minimum atomic E-state index is -0.464. The molecule has 0 spiro atoms. The smallest absolute Gasteiger partial charge is 0.321 e. The van der Waals surface area contributed by atoms with E-state index in [1.807, 2.05) is 13.0 Å². The lowest BCUT2D eigenvalue weighted by Crippen LogP contribution is -2.33. The van der Waals surface area contributed by atoms with Crippen molar-refractivity contribution in [2.24, 2.45) is 0 Å². The van der Waals surface area contributed by atoms with E-state index in [2.05, 4.69) is 15.5 Å². The molecule has 1 aromatic heterocycles. The van der Waals surface area contributed by atoms with E-state index in [-0.39, 0.29) is 24.3 Å². The van der Waals surface area contributed by atoms with Gasteiger partial charge in [-0.2, -0.15) is 4.98 Å². The first-order valence-electron chi connectivity index (χ1n) is 8.89. The quantitative estimate of drug-likeness (QED) is 0.612. The van der Waals surface area contributed by atoms with Gasteiger partial charge in [0, 0.05) is 20.0 Å². The number of nitrogens with one attached hydrogen (secondary N) is 1. The number of urea groups is 1. The van der Waals surface area contributed by atoms with Gasteiger partial charge >= 0.3 is 6.03 Å². The molecule has 0 saturated carbocycles. The maximum absolute atomic E-state index is 13.5. The highest BCUT2D eigenvalue weighted by atomic mass is 35.5. The number of aromatic nitrogens is 2. The summed E-state index contributed by atoms with van der Waals surface area (Å²) in [5.74, 6) is 0.291. The van der Waals surface area contributed by atoms with Gasteiger partial charge in [0.1, 0.15) is 0 Å². The summed E-state index contributed by atoms with van der Waals surface area (Å²) in [4.78, 5) is 18.0.